The van der Waals surface area contributed by atoms with E-state index >= 15 is 0 Å². The zero-order valence-corrected chi connectivity index (χ0v) is 15.5. The fourth-order valence-corrected chi connectivity index (χ4v) is 3.96. The highest BCUT2D eigenvalue weighted by Gasteiger charge is 2.42. The molecule has 7 heteroatoms. The summed E-state index contributed by atoms with van der Waals surface area (Å²) < 4.78 is 2.93. The summed E-state index contributed by atoms with van der Waals surface area (Å²) in [5.41, 5.74) is 3.85. The van der Waals surface area contributed by atoms with Gasteiger partial charge in [0.15, 0.2) is 11.4 Å². The average Bonchev–Trinajstić information content (AvgIpc) is 3.27. The fourth-order valence-electron chi connectivity index (χ4n) is 3.96. The Kier molecular flexibility index (Phi) is 3.96. The van der Waals surface area contributed by atoms with Gasteiger partial charge in [-0.15, -0.1) is 0 Å². The molecule has 0 radical (unpaired) electrons. The standard InChI is InChI=1S/C21H21N5O2/c27-17(11-15-5-10-25-19(12-15)22-14-23-25)13-26-20(28)2-1-18(24-26)16-3-6-21(7-4-16)8-9-21/h1-3,5,10,12,14H,4,6-9,11,13H2. The lowest BCUT2D eigenvalue weighted by Gasteiger charge is -2.20. The number of fused-ring (bicyclic) bond motifs is 1. The average molecular weight is 375 g/mol. The number of ketones is 1. The van der Waals surface area contributed by atoms with Crippen LogP contribution in [0.25, 0.3) is 11.2 Å². The van der Waals surface area contributed by atoms with Gasteiger partial charge < -0.3 is 0 Å². The minimum atomic E-state index is -0.250. The fraction of sp³-hybridized carbons (Fsp3) is 0.381. The van der Waals surface area contributed by atoms with Gasteiger partial charge in [-0.1, -0.05) is 6.08 Å². The largest absolute Gasteiger partial charge is 0.297 e. The summed E-state index contributed by atoms with van der Waals surface area (Å²) >= 11 is 0. The molecule has 0 aliphatic heterocycles. The Morgan fingerprint density at radius 1 is 1.18 bits per heavy atom. The Morgan fingerprint density at radius 3 is 2.86 bits per heavy atom. The SMILES string of the molecule is O=C(Cc1ccn2ncnc2c1)Cn1nc(C2=CCC3(CC2)CC3)ccc1=O. The van der Waals surface area contributed by atoms with Crippen LogP contribution in [0.2, 0.25) is 0 Å². The summed E-state index contributed by atoms with van der Waals surface area (Å²) in [6.45, 7) is -0.0260. The molecule has 1 fully saturated rings. The molecule has 5 rings (SSSR count). The van der Waals surface area contributed by atoms with Gasteiger partial charge in [-0.2, -0.15) is 10.2 Å². The van der Waals surface area contributed by atoms with Crippen LogP contribution in [-0.2, 0) is 17.8 Å². The van der Waals surface area contributed by atoms with Crippen molar-refractivity contribution in [3.05, 3.63) is 64.5 Å². The normalized spacial score (nSPS) is 17.6. The number of hydrogen-bond donors (Lipinski definition) is 0. The van der Waals surface area contributed by atoms with Crippen LogP contribution in [0.1, 0.15) is 43.4 Å². The molecule has 1 saturated carbocycles. The molecular formula is C21H21N5O2. The second-order valence-electron chi connectivity index (χ2n) is 7.96. The maximum absolute atomic E-state index is 12.5. The van der Waals surface area contributed by atoms with Crippen molar-refractivity contribution in [2.75, 3.05) is 0 Å². The quantitative estimate of drug-likeness (QED) is 0.684. The van der Waals surface area contributed by atoms with E-state index in [0.29, 0.717) is 11.1 Å². The molecule has 0 bridgehead atoms. The van der Waals surface area contributed by atoms with Crippen molar-refractivity contribution in [1.29, 1.82) is 0 Å². The van der Waals surface area contributed by atoms with Crippen molar-refractivity contribution in [3.8, 4) is 0 Å². The lowest BCUT2D eigenvalue weighted by atomic mass is 9.86. The molecule has 0 aromatic carbocycles. The van der Waals surface area contributed by atoms with Crippen molar-refractivity contribution in [1.82, 2.24) is 24.4 Å². The van der Waals surface area contributed by atoms with Crippen LogP contribution in [0.15, 0.2) is 47.7 Å². The first-order valence-corrected chi connectivity index (χ1v) is 9.68. The van der Waals surface area contributed by atoms with Crippen LogP contribution >= 0.6 is 0 Å². The Hall–Kier alpha value is -3.09. The van der Waals surface area contributed by atoms with Crippen LogP contribution < -0.4 is 5.56 Å². The maximum Gasteiger partial charge on any atom is 0.267 e. The van der Waals surface area contributed by atoms with Crippen LogP contribution in [-0.4, -0.2) is 30.2 Å². The van der Waals surface area contributed by atoms with E-state index in [9.17, 15) is 9.59 Å². The first-order valence-electron chi connectivity index (χ1n) is 9.68. The van der Waals surface area contributed by atoms with Crippen molar-refractivity contribution in [3.63, 3.8) is 0 Å². The van der Waals surface area contributed by atoms with Gasteiger partial charge in [0.2, 0.25) is 0 Å². The van der Waals surface area contributed by atoms with E-state index in [4.69, 9.17) is 0 Å². The topological polar surface area (TPSA) is 82.2 Å². The van der Waals surface area contributed by atoms with Gasteiger partial charge in [0.1, 0.15) is 12.9 Å². The summed E-state index contributed by atoms with van der Waals surface area (Å²) in [7, 11) is 0. The van der Waals surface area contributed by atoms with Gasteiger partial charge in [0, 0.05) is 18.7 Å². The molecule has 3 aromatic rings. The highest BCUT2D eigenvalue weighted by atomic mass is 16.1. The number of allylic oxidation sites excluding steroid dienone is 2. The van der Waals surface area contributed by atoms with Gasteiger partial charge in [0.25, 0.3) is 5.56 Å². The number of rotatable bonds is 5. The molecule has 0 N–H and O–H groups in total. The maximum atomic E-state index is 12.5. The molecule has 142 valence electrons. The summed E-state index contributed by atoms with van der Waals surface area (Å²) in [6.07, 6.45) is 11.7. The van der Waals surface area contributed by atoms with Crippen LogP contribution in [0.4, 0.5) is 0 Å². The van der Waals surface area contributed by atoms with E-state index in [-0.39, 0.29) is 24.3 Å². The minimum Gasteiger partial charge on any atom is -0.297 e. The van der Waals surface area contributed by atoms with Crippen molar-refractivity contribution < 1.29 is 4.79 Å². The number of aromatic nitrogens is 5. The number of hydrogen-bond acceptors (Lipinski definition) is 5. The van der Waals surface area contributed by atoms with Gasteiger partial charge in [0.05, 0.1) is 5.69 Å². The molecule has 0 amide bonds. The van der Waals surface area contributed by atoms with E-state index in [1.807, 2.05) is 12.1 Å². The second kappa shape index (κ2) is 6.51. The highest BCUT2D eigenvalue weighted by Crippen LogP contribution is 2.56. The van der Waals surface area contributed by atoms with Gasteiger partial charge in [-0.25, -0.2) is 14.2 Å². The highest BCUT2D eigenvalue weighted by molar-refractivity contribution is 5.80. The van der Waals surface area contributed by atoms with E-state index in [1.165, 1.54) is 41.9 Å². The predicted octanol–water partition coefficient (Wildman–Crippen LogP) is 2.45. The second-order valence-corrected chi connectivity index (χ2v) is 7.96. The van der Waals surface area contributed by atoms with E-state index in [1.54, 1.807) is 16.8 Å². The minimum absolute atomic E-state index is 0.0260. The van der Waals surface area contributed by atoms with E-state index < -0.39 is 0 Å². The van der Waals surface area contributed by atoms with Gasteiger partial charge in [-0.3, -0.25) is 9.59 Å². The van der Waals surface area contributed by atoms with E-state index in [2.05, 4.69) is 21.3 Å². The Bertz CT molecular complexity index is 1150. The first-order chi connectivity index (χ1) is 13.6. The lowest BCUT2D eigenvalue weighted by molar-refractivity contribution is -0.119. The number of Topliss-reactive ketones (excluding diaryl/α,β-unsaturated/α-hetero) is 1. The van der Waals surface area contributed by atoms with Crippen LogP contribution in [0.3, 0.4) is 0 Å². The number of nitrogens with zero attached hydrogens (tertiary/aromatic N) is 5. The monoisotopic (exact) mass is 375 g/mol. The van der Waals surface area contributed by atoms with Gasteiger partial charge in [-0.05, 0) is 66.9 Å². The third-order valence-corrected chi connectivity index (χ3v) is 5.93. The Morgan fingerprint density at radius 2 is 2.07 bits per heavy atom. The molecule has 0 atom stereocenters. The first kappa shape index (κ1) is 17.0. The molecule has 2 aliphatic carbocycles. The number of pyridine rings is 1. The zero-order chi connectivity index (χ0) is 19.1. The number of carbonyl (C=O) groups is 1. The Balaban J connectivity index is 1.32. The van der Waals surface area contributed by atoms with Crippen molar-refractivity contribution >= 4 is 17.0 Å². The molecule has 1 spiro atoms. The number of carbonyl (C=O) groups excluding carboxylic acids is 1. The van der Waals surface area contributed by atoms with E-state index in [0.717, 1.165) is 24.1 Å². The summed E-state index contributed by atoms with van der Waals surface area (Å²) in [6, 6.07) is 6.96. The summed E-state index contributed by atoms with van der Waals surface area (Å²) in [4.78, 5) is 28.9. The van der Waals surface area contributed by atoms with Crippen molar-refractivity contribution in [2.45, 2.75) is 45.1 Å². The lowest BCUT2D eigenvalue weighted by Crippen LogP contribution is -2.27. The molecule has 3 aromatic heterocycles. The van der Waals surface area contributed by atoms with Gasteiger partial charge >= 0.3 is 0 Å². The molecule has 28 heavy (non-hydrogen) atoms. The molecule has 7 nitrogen and oxygen atoms in total. The molecule has 3 heterocycles. The van der Waals surface area contributed by atoms with Crippen LogP contribution in [0, 0.1) is 5.41 Å². The van der Waals surface area contributed by atoms with Crippen molar-refractivity contribution in [2.24, 2.45) is 5.41 Å². The third kappa shape index (κ3) is 3.28. The Labute approximate surface area is 161 Å². The molecule has 0 unspecified atom stereocenters. The third-order valence-electron chi connectivity index (χ3n) is 5.93. The summed E-state index contributed by atoms with van der Waals surface area (Å²) in [5, 5.41) is 8.52. The smallest absolute Gasteiger partial charge is 0.267 e. The summed E-state index contributed by atoms with van der Waals surface area (Å²) in [5.74, 6) is -0.0647. The predicted molar refractivity (Wildman–Crippen MR) is 104 cm³/mol. The zero-order valence-electron chi connectivity index (χ0n) is 15.5. The van der Waals surface area contributed by atoms with Crippen LogP contribution in [0.5, 0.6) is 0 Å². The molecular weight excluding hydrogens is 354 g/mol. The molecule has 0 saturated heterocycles. The molecule has 2 aliphatic rings.